The van der Waals surface area contributed by atoms with Gasteiger partial charge in [0.25, 0.3) is 5.91 Å². The first-order chi connectivity index (χ1) is 12.6. The summed E-state index contributed by atoms with van der Waals surface area (Å²) >= 11 is 6.40. The molecular weight excluding hydrogens is 368 g/mol. The van der Waals surface area contributed by atoms with Gasteiger partial charge in [-0.1, -0.05) is 41.7 Å². The van der Waals surface area contributed by atoms with Crippen molar-refractivity contribution in [3.05, 3.63) is 59.7 Å². The summed E-state index contributed by atoms with van der Waals surface area (Å²) in [6.45, 7) is 2.96. The molecular formula is C19H18N2O3S2. The average Bonchev–Trinajstić information content (AvgIpc) is 2.97. The Kier molecular flexibility index (Phi) is 6.25. The Labute approximate surface area is 162 Å². The molecule has 0 radical (unpaired) electrons. The number of carbonyl (C=O) groups excluding carboxylic acids is 1. The highest BCUT2D eigenvalue weighted by atomic mass is 32.2. The van der Waals surface area contributed by atoms with E-state index in [0.29, 0.717) is 23.3 Å². The third-order valence-corrected chi connectivity index (χ3v) is 4.91. The van der Waals surface area contributed by atoms with Crippen molar-refractivity contribution in [3.8, 4) is 11.5 Å². The molecule has 1 saturated heterocycles. The normalized spacial score (nSPS) is 14.3. The summed E-state index contributed by atoms with van der Waals surface area (Å²) in [6, 6.07) is 15.4. The lowest BCUT2D eigenvalue weighted by atomic mass is 10.2. The van der Waals surface area contributed by atoms with Gasteiger partial charge < -0.3 is 9.47 Å². The van der Waals surface area contributed by atoms with Crippen LogP contribution in [0.2, 0.25) is 0 Å². The zero-order valence-corrected chi connectivity index (χ0v) is 15.9. The molecule has 1 heterocycles. The van der Waals surface area contributed by atoms with Gasteiger partial charge in [0.05, 0.1) is 12.0 Å². The molecule has 2 aromatic rings. The number of amides is 1. The van der Waals surface area contributed by atoms with Gasteiger partial charge in [-0.3, -0.25) is 4.79 Å². The number of benzene rings is 2. The van der Waals surface area contributed by atoms with Crippen LogP contribution in [0.3, 0.4) is 0 Å². The van der Waals surface area contributed by atoms with E-state index in [-0.39, 0.29) is 5.91 Å². The number of rotatable bonds is 7. The van der Waals surface area contributed by atoms with E-state index in [1.165, 1.54) is 22.3 Å². The molecule has 0 aliphatic carbocycles. The number of thiocarbonyl (C=S) groups is 1. The molecule has 0 aromatic heterocycles. The lowest BCUT2D eigenvalue weighted by Gasteiger charge is -2.09. The zero-order chi connectivity index (χ0) is 18.4. The second-order valence-electron chi connectivity index (χ2n) is 5.58. The maximum Gasteiger partial charge on any atom is 0.259 e. The SMILES string of the molecule is Cc1ccc(OCCOc2ccc(/C=N\N3C(=O)CSC3=S)cc2)cc1. The van der Waals surface area contributed by atoms with E-state index in [1.807, 2.05) is 55.5 Å². The molecule has 1 amide bonds. The summed E-state index contributed by atoms with van der Waals surface area (Å²) in [4.78, 5) is 11.6. The minimum absolute atomic E-state index is 0.0928. The molecule has 26 heavy (non-hydrogen) atoms. The standard InChI is InChI=1S/C19H18N2O3S2/c1-14-2-6-16(7-3-14)23-10-11-24-17-8-4-15(5-9-17)12-20-21-18(22)13-26-19(21)25/h2-9,12H,10-11,13H2,1H3/b20-12-. The van der Waals surface area contributed by atoms with Gasteiger partial charge in [0.15, 0.2) is 4.32 Å². The Bertz CT molecular complexity index is 789. The summed E-state index contributed by atoms with van der Waals surface area (Å²) < 4.78 is 11.8. The van der Waals surface area contributed by atoms with Crippen LogP contribution < -0.4 is 9.47 Å². The van der Waals surface area contributed by atoms with Crippen LogP contribution in [0, 0.1) is 6.92 Å². The summed E-state index contributed by atoms with van der Waals surface area (Å²) in [7, 11) is 0. The van der Waals surface area contributed by atoms with Crippen LogP contribution in [0.4, 0.5) is 0 Å². The summed E-state index contributed by atoms with van der Waals surface area (Å²) in [5.74, 6) is 1.84. The third-order valence-electron chi connectivity index (χ3n) is 3.57. The van der Waals surface area contributed by atoms with E-state index in [0.717, 1.165) is 17.1 Å². The van der Waals surface area contributed by atoms with Crippen molar-refractivity contribution in [1.29, 1.82) is 0 Å². The number of hydrogen-bond acceptors (Lipinski definition) is 6. The molecule has 2 aromatic carbocycles. The fourth-order valence-corrected chi connectivity index (χ4v) is 3.15. The molecule has 134 valence electrons. The first-order valence-electron chi connectivity index (χ1n) is 8.08. The number of thioether (sulfide) groups is 1. The van der Waals surface area contributed by atoms with Gasteiger partial charge >= 0.3 is 0 Å². The minimum Gasteiger partial charge on any atom is -0.490 e. The smallest absolute Gasteiger partial charge is 0.259 e. The molecule has 3 rings (SSSR count). The van der Waals surface area contributed by atoms with Crippen molar-refractivity contribution in [1.82, 2.24) is 5.01 Å². The van der Waals surface area contributed by atoms with E-state index in [2.05, 4.69) is 5.10 Å². The van der Waals surface area contributed by atoms with Crippen molar-refractivity contribution < 1.29 is 14.3 Å². The van der Waals surface area contributed by atoms with Gasteiger partial charge in [-0.15, -0.1) is 0 Å². The lowest BCUT2D eigenvalue weighted by Crippen LogP contribution is -2.22. The molecule has 1 aliphatic heterocycles. The average molecular weight is 386 g/mol. The largest absolute Gasteiger partial charge is 0.490 e. The second-order valence-corrected chi connectivity index (χ2v) is 7.19. The highest BCUT2D eigenvalue weighted by molar-refractivity contribution is 8.23. The molecule has 0 bridgehead atoms. The number of hydrogen-bond donors (Lipinski definition) is 0. The van der Waals surface area contributed by atoms with Crippen LogP contribution in [0.5, 0.6) is 11.5 Å². The van der Waals surface area contributed by atoms with Crippen molar-refractivity contribution in [2.24, 2.45) is 5.10 Å². The summed E-state index contributed by atoms with van der Waals surface area (Å²) in [5.41, 5.74) is 2.06. The van der Waals surface area contributed by atoms with Gasteiger partial charge in [-0.25, -0.2) is 0 Å². The topological polar surface area (TPSA) is 51.1 Å². The maximum atomic E-state index is 11.6. The Morgan fingerprint density at radius 1 is 1.08 bits per heavy atom. The zero-order valence-electron chi connectivity index (χ0n) is 14.3. The Morgan fingerprint density at radius 2 is 1.65 bits per heavy atom. The van der Waals surface area contributed by atoms with E-state index in [9.17, 15) is 4.79 Å². The van der Waals surface area contributed by atoms with E-state index in [1.54, 1.807) is 6.21 Å². The van der Waals surface area contributed by atoms with Crippen molar-refractivity contribution in [2.75, 3.05) is 19.0 Å². The second kappa shape index (κ2) is 8.82. The quantitative estimate of drug-likeness (QED) is 0.413. The van der Waals surface area contributed by atoms with Crippen molar-refractivity contribution >= 4 is 40.4 Å². The highest BCUT2D eigenvalue weighted by Gasteiger charge is 2.25. The van der Waals surface area contributed by atoms with Gasteiger partial charge in [-0.05, 0) is 48.9 Å². The predicted octanol–water partition coefficient (Wildman–Crippen LogP) is 3.65. The molecule has 5 nitrogen and oxygen atoms in total. The van der Waals surface area contributed by atoms with Gasteiger partial charge in [0.1, 0.15) is 24.7 Å². The van der Waals surface area contributed by atoms with Crippen molar-refractivity contribution in [3.63, 3.8) is 0 Å². The lowest BCUT2D eigenvalue weighted by molar-refractivity contribution is -0.123. The van der Waals surface area contributed by atoms with Gasteiger partial charge in [-0.2, -0.15) is 10.1 Å². The summed E-state index contributed by atoms with van der Waals surface area (Å²) in [5, 5.41) is 5.39. The van der Waals surface area contributed by atoms with E-state index in [4.69, 9.17) is 21.7 Å². The Balaban J connectivity index is 1.44. The molecule has 0 spiro atoms. The Hall–Kier alpha value is -2.38. The number of nitrogens with zero attached hydrogens (tertiary/aromatic N) is 2. The van der Waals surface area contributed by atoms with Gasteiger partial charge in [0.2, 0.25) is 0 Å². The highest BCUT2D eigenvalue weighted by Crippen LogP contribution is 2.19. The van der Waals surface area contributed by atoms with E-state index < -0.39 is 0 Å². The molecule has 1 aliphatic rings. The fourth-order valence-electron chi connectivity index (χ4n) is 2.19. The Morgan fingerprint density at radius 3 is 2.19 bits per heavy atom. The number of hydrazone groups is 1. The first kappa shape index (κ1) is 18.4. The monoisotopic (exact) mass is 386 g/mol. The van der Waals surface area contributed by atoms with Crippen molar-refractivity contribution in [2.45, 2.75) is 6.92 Å². The van der Waals surface area contributed by atoms with Crippen LogP contribution in [-0.2, 0) is 4.79 Å². The third kappa shape index (κ3) is 5.06. The maximum absolute atomic E-state index is 11.6. The summed E-state index contributed by atoms with van der Waals surface area (Å²) in [6.07, 6.45) is 1.61. The van der Waals surface area contributed by atoms with Gasteiger partial charge in [0, 0.05) is 0 Å². The number of aryl methyl sites for hydroxylation is 1. The van der Waals surface area contributed by atoms with Crippen LogP contribution in [0.1, 0.15) is 11.1 Å². The van der Waals surface area contributed by atoms with Crippen LogP contribution >= 0.6 is 24.0 Å². The molecule has 0 atom stereocenters. The van der Waals surface area contributed by atoms with Crippen LogP contribution in [0.15, 0.2) is 53.6 Å². The number of carbonyl (C=O) groups is 1. The molecule has 7 heteroatoms. The molecule has 0 N–H and O–H groups in total. The predicted molar refractivity (Wildman–Crippen MR) is 108 cm³/mol. The van der Waals surface area contributed by atoms with E-state index >= 15 is 0 Å². The minimum atomic E-state index is -0.0928. The molecule has 0 unspecified atom stereocenters. The fraction of sp³-hybridized carbons (Fsp3) is 0.211. The van der Waals surface area contributed by atoms with Crippen LogP contribution in [0.25, 0.3) is 0 Å². The first-order valence-corrected chi connectivity index (χ1v) is 9.47. The molecule has 0 saturated carbocycles. The molecule has 1 fully saturated rings. The van der Waals surface area contributed by atoms with Crippen LogP contribution in [-0.4, -0.2) is 40.4 Å². The number of ether oxygens (including phenoxy) is 2.